The molecule has 3 aromatic carbocycles. The summed E-state index contributed by atoms with van der Waals surface area (Å²) in [5.41, 5.74) is 2.04. The van der Waals surface area contributed by atoms with Gasteiger partial charge in [-0.3, -0.25) is 4.79 Å². The van der Waals surface area contributed by atoms with Gasteiger partial charge in [-0.1, -0.05) is 78.4 Å². The van der Waals surface area contributed by atoms with Crippen LogP contribution in [0.2, 0.25) is 0 Å². The van der Waals surface area contributed by atoms with Gasteiger partial charge in [0.25, 0.3) is 0 Å². The van der Waals surface area contributed by atoms with E-state index in [1.54, 1.807) is 48.5 Å². The van der Waals surface area contributed by atoms with E-state index in [0.29, 0.717) is 14.7 Å². The quantitative estimate of drug-likeness (QED) is 0.273. The summed E-state index contributed by atoms with van der Waals surface area (Å²) in [6.45, 7) is 1.93. The molecular weight excluding hydrogens is 471 g/mol. The Balaban J connectivity index is 2.27. The van der Waals surface area contributed by atoms with Crippen molar-refractivity contribution in [2.45, 2.75) is 11.8 Å². The predicted octanol–water partition coefficient (Wildman–Crippen LogP) is 5.46. The monoisotopic (exact) mass is 488 g/mol. The van der Waals surface area contributed by atoms with E-state index in [4.69, 9.17) is 0 Å². The Bertz CT molecular complexity index is 1100. The van der Waals surface area contributed by atoms with Crippen LogP contribution in [0.5, 0.6) is 0 Å². The summed E-state index contributed by atoms with van der Waals surface area (Å²) in [7, 11) is -3.99. The Morgan fingerprint density at radius 2 is 1.33 bits per heavy atom. The summed E-state index contributed by atoms with van der Waals surface area (Å²) in [4.78, 5) is 13.1. The van der Waals surface area contributed by atoms with Gasteiger partial charge in [-0.2, -0.15) is 0 Å². The Kier molecular flexibility index (Phi) is 5.92. The van der Waals surface area contributed by atoms with E-state index in [2.05, 4.69) is 0 Å². The highest BCUT2D eigenvalue weighted by Crippen LogP contribution is 2.34. The molecule has 0 bridgehead atoms. The summed E-state index contributed by atoms with van der Waals surface area (Å²) in [5.74, 6) is -0.509. The molecule has 27 heavy (non-hydrogen) atoms. The lowest BCUT2D eigenvalue weighted by atomic mass is 10.1. The van der Waals surface area contributed by atoms with Crippen molar-refractivity contribution in [3.8, 4) is 0 Å². The molecule has 0 aliphatic rings. The molecule has 3 nitrogen and oxygen atoms in total. The molecule has 136 valence electrons. The lowest BCUT2D eigenvalue weighted by molar-refractivity contribution is 0.104. The maximum Gasteiger partial charge on any atom is 0.211 e. The first-order chi connectivity index (χ1) is 12.9. The second kappa shape index (κ2) is 8.19. The van der Waals surface area contributed by atoms with Gasteiger partial charge in [0.1, 0.15) is 4.91 Å². The smallest absolute Gasteiger partial charge is 0.211 e. The van der Waals surface area contributed by atoms with Crippen molar-refractivity contribution < 1.29 is 13.2 Å². The van der Waals surface area contributed by atoms with Gasteiger partial charge in [0, 0.05) is 9.14 Å². The summed E-state index contributed by atoms with van der Waals surface area (Å²) in [5, 5.41) is 0. The molecule has 3 rings (SSSR count). The van der Waals surface area contributed by atoms with Crippen LogP contribution in [0.25, 0.3) is 3.58 Å². The van der Waals surface area contributed by atoms with Gasteiger partial charge in [-0.25, -0.2) is 8.42 Å². The van der Waals surface area contributed by atoms with E-state index in [9.17, 15) is 13.2 Å². The van der Waals surface area contributed by atoms with Crippen LogP contribution in [-0.2, 0) is 9.84 Å². The second-order valence-electron chi connectivity index (χ2n) is 6.02. The van der Waals surface area contributed by atoms with Crippen LogP contribution in [-0.4, -0.2) is 14.2 Å². The number of rotatable bonds is 5. The van der Waals surface area contributed by atoms with Crippen molar-refractivity contribution in [1.82, 2.24) is 0 Å². The maximum absolute atomic E-state index is 13.4. The number of Topliss-reactive ketones (excluding diaryl/α,β-unsaturated/α-hetero) is 1. The van der Waals surface area contributed by atoms with Gasteiger partial charge >= 0.3 is 0 Å². The molecule has 5 heteroatoms. The molecule has 0 fully saturated rings. The molecular formula is C22H17IO3S. The Hall–Kier alpha value is -2.25. The molecule has 0 radical (unpaired) electrons. The zero-order valence-electron chi connectivity index (χ0n) is 14.6. The van der Waals surface area contributed by atoms with Gasteiger partial charge in [0.05, 0.1) is 4.90 Å². The molecule has 0 amide bonds. The van der Waals surface area contributed by atoms with Gasteiger partial charge in [-0.15, -0.1) is 0 Å². The van der Waals surface area contributed by atoms with Gasteiger partial charge in [0.2, 0.25) is 15.6 Å². The van der Waals surface area contributed by atoms with Gasteiger partial charge < -0.3 is 0 Å². The number of carbonyl (C=O) groups excluding carboxylic acids is 1. The molecule has 0 N–H and O–H groups in total. The number of benzene rings is 3. The average Bonchev–Trinajstić information content (AvgIpc) is 2.69. The molecule has 0 spiro atoms. The third-order valence-electron chi connectivity index (χ3n) is 4.04. The lowest BCUT2D eigenvalue weighted by Gasteiger charge is -2.13. The number of ketones is 1. The van der Waals surface area contributed by atoms with Crippen LogP contribution in [0.1, 0.15) is 21.5 Å². The molecule has 0 saturated heterocycles. The van der Waals surface area contributed by atoms with E-state index in [-0.39, 0.29) is 9.80 Å². The number of aryl methyl sites for hydroxylation is 1. The fraction of sp³-hybridized carbons (Fsp3) is 0.0455. The number of hydrogen-bond donors (Lipinski definition) is 0. The van der Waals surface area contributed by atoms with Crippen molar-refractivity contribution in [2.75, 3.05) is 0 Å². The summed E-state index contributed by atoms with van der Waals surface area (Å²) < 4.78 is 27.1. The first-order valence-electron chi connectivity index (χ1n) is 8.28. The summed E-state index contributed by atoms with van der Waals surface area (Å²) in [6.07, 6.45) is 0. The molecule has 0 aliphatic heterocycles. The molecule has 0 saturated carbocycles. The van der Waals surface area contributed by atoms with E-state index in [1.807, 2.05) is 53.8 Å². The van der Waals surface area contributed by atoms with Crippen molar-refractivity contribution >= 4 is 41.8 Å². The Morgan fingerprint density at radius 1 is 0.778 bits per heavy atom. The lowest BCUT2D eigenvalue weighted by Crippen LogP contribution is -2.15. The Labute approximate surface area is 172 Å². The SMILES string of the molecule is Cc1cccc(/C(I)=C(/C(=O)c2ccccc2)S(=O)(=O)c2ccccc2)c1. The zero-order valence-corrected chi connectivity index (χ0v) is 17.6. The normalized spacial score (nSPS) is 12.4. The van der Waals surface area contributed by atoms with Crippen LogP contribution < -0.4 is 0 Å². The predicted molar refractivity (Wildman–Crippen MR) is 117 cm³/mol. The highest BCUT2D eigenvalue weighted by Gasteiger charge is 2.31. The minimum absolute atomic E-state index is 0.103. The van der Waals surface area contributed by atoms with Crippen LogP contribution in [0.3, 0.4) is 0 Å². The standard InChI is InChI=1S/C22H17IO3S/c1-16-9-8-12-18(15-16)20(23)22(21(24)17-10-4-2-5-11-17)27(25,26)19-13-6-3-7-14-19/h2-15H,1H3/b22-20+. The van der Waals surface area contributed by atoms with Crippen LogP contribution >= 0.6 is 22.6 Å². The summed E-state index contributed by atoms with van der Waals surface area (Å²) in [6, 6.07) is 24.0. The topological polar surface area (TPSA) is 51.2 Å². The zero-order chi connectivity index (χ0) is 19.4. The highest BCUT2D eigenvalue weighted by molar-refractivity contribution is 14.1. The number of halogens is 1. The third-order valence-corrected chi connectivity index (χ3v) is 7.38. The first kappa shape index (κ1) is 19.5. The fourth-order valence-electron chi connectivity index (χ4n) is 2.69. The largest absolute Gasteiger partial charge is 0.288 e. The van der Waals surface area contributed by atoms with Gasteiger partial charge in [-0.05, 0) is 47.2 Å². The van der Waals surface area contributed by atoms with E-state index in [0.717, 1.165) is 5.56 Å². The third kappa shape index (κ3) is 4.20. The van der Waals surface area contributed by atoms with Crippen molar-refractivity contribution in [3.05, 3.63) is 107 Å². The second-order valence-corrected chi connectivity index (χ2v) is 8.99. The van der Waals surface area contributed by atoms with Crippen molar-refractivity contribution in [1.29, 1.82) is 0 Å². The summed E-state index contributed by atoms with van der Waals surface area (Å²) >= 11 is 1.96. The number of hydrogen-bond acceptors (Lipinski definition) is 3. The van der Waals surface area contributed by atoms with Crippen molar-refractivity contribution in [3.63, 3.8) is 0 Å². The molecule has 0 unspecified atom stereocenters. The molecule has 0 aromatic heterocycles. The average molecular weight is 488 g/mol. The van der Waals surface area contributed by atoms with Crippen LogP contribution in [0.15, 0.2) is 94.7 Å². The number of allylic oxidation sites excluding steroid dienone is 1. The van der Waals surface area contributed by atoms with E-state index >= 15 is 0 Å². The number of sulfone groups is 1. The molecule has 0 atom stereocenters. The van der Waals surface area contributed by atoms with Crippen LogP contribution in [0, 0.1) is 6.92 Å². The Morgan fingerprint density at radius 3 is 1.93 bits per heavy atom. The molecule has 3 aromatic rings. The molecule has 0 heterocycles. The minimum Gasteiger partial charge on any atom is -0.288 e. The fourth-order valence-corrected chi connectivity index (χ4v) is 5.61. The highest BCUT2D eigenvalue weighted by atomic mass is 127. The minimum atomic E-state index is -3.99. The maximum atomic E-state index is 13.4. The molecule has 0 aliphatic carbocycles. The van der Waals surface area contributed by atoms with Crippen molar-refractivity contribution in [2.24, 2.45) is 0 Å². The first-order valence-corrected chi connectivity index (χ1v) is 10.8. The number of carbonyl (C=O) groups is 1. The van der Waals surface area contributed by atoms with E-state index < -0.39 is 15.6 Å². The van der Waals surface area contributed by atoms with Crippen LogP contribution in [0.4, 0.5) is 0 Å². The van der Waals surface area contributed by atoms with Gasteiger partial charge in [0.15, 0.2) is 0 Å². The van der Waals surface area contributed by atoms with E-state index in [1.165, 1.54) is 12.1 Å².